The van der Waals surface area contributed by atoms with Crippen LogP contribution in [0.25, 0.3) is 109 Å². The Balaban J connectivity index is 0.000000139. The Morgan fingerprint density at radius 3 is 0.984 bits per heavy atom. The van der Waals surface area contributed by atoms with Crippen LogP contribution >= 0.6 is 0 Å². The first-order chi connectivity index (χ1) is 30.6. The van der Waals surface area contributed by atoms with E-state index in [2.05, 4.69) is 244 Å². The number of benzene rings is 12. The molecule has 0 saturated heterocycles. The van der Waals surface area contributed by atoms with E-state index in [0.717, 1.165) is 0 Å². The van der Waals surface area contributed by atoms with Crippen molar-refractivity contribution in [1.29, 1.82) is 0 Å². The van der Waals surface area contributed by atoms with Crippen molar-refractivity contribution in [1.82, 2.24) is 0 Å². The summed E-state index contributed by atoms with van der Waals surface area (Å²) in [5, 5.41) is 15.5. The van der Waals surface area contributed by atoms with Crippen molar-refractivity contribution in [3.8, 4) is 44.5 Å². The van der Waals surface area contributed by atoms with Gasteiger partial charge in [-0.1, -0.05) is 236 Å². The molecule has 0 radical (unpaired) electrons. The van der Waals surface area contributed by atoms with Gasteiger partial charge in [-0.3, -0.25) is 0 Å². The second-order valence-electron chi connectivity index (χ2n) is 16.5. The zero-order valence-corrected chi connectivity index (χ0v) is 34.9. The molecule has 0 N–H and O–H groups in total. The summed E-state index contributed by atoms with van der Waals surface area (Å²) in [5.74, 6) is 0. The highest BCUT2D eigenvalue weighted by Crippen LogP contribution is 2.46. The molecule has 0 aliphatic carbocycles. The number of hydrogen-bond donors (Lipinski definition) is 0. The molecule has 62 heavy (non-hydrogen) atoms. The summed E-state index contributed by atoms with van der Waals surface area (Å²) in [4.78, 5) is 0. The lowest BCUT2D eigenvalue weighted by molar-refractivity contribution is 1.47. The molecule has 0 aromatic heterocycles. The van der Waals surface area contributed by atoms with E-state index >= 15 is 0 Å². The summed E-state index contributed by atoms with van der Waals surface area (Å²) in [5.41, 5.74) is 12.9. The number of hydrogen-bond acceptors (Lipinski definition) is 0. The fourth-order valence-electron chi connectivity index (χ4n) is 9.71. The van der Waals surface area contributed by atoms with Crippen molar-refractivity contribution < 1.29 is 0 Å². The van der Waals surface area contributed by atoms with Crippen LogP contribution in [-0.2, 0) is 0 Å². The molecule has 0 saturated carbocycles. The number of aryl methyl sites for hydroxylation is 2. The SMILES string of the molecule is Cc1ccc(-c2c3ccccc3c(-c3ccc4ccccc4c3)c3ccccc23)cc1.Cc1ccc(-c2c3ccccc3c(-c3cccc4ccccc34)c3ccccc23)cc1. The molecular formula is C62H44. The third-order valence-electron chi connectivity index (χ3n) is 12.6. The normalized spacial score (nSPS) is 11.4. The quantitative estimate of drug-likeness (QED) is 0.156. The van der Waals surface area contributed by atoms with Crippen LogP contribution in [0.2, 0.25) is 0 Å². The molecule has 0 amide bonds. The Kier molecular flexibility index (Phi) is 9.40. The van der Waals surface area contributed by atoms with Gasteiger partial charge in [0.15, 0.2) is 0 Å². The topological polar surface area (TPSA) is 0 Å². The summed E-state index contributed by atoms with van der Waals surface area (Å²) < 4.78 is 0. The molecule has 0 aliphatic heterocycles. The van der Waals surface area contributed by atoms with E-state index in [1.807, 2.05) is 0 Å². The van der Waals surface area contributed by atoms with Crippen LogP contribution in [-0.4, -0.2) is 0 Å². The third kappa shape index (κ3) is 6.49. The highest BCUT2D eigenvalue weighted by molar-refractivity contribution is 6.24. The lowest BCUT2D eigenvalue weighted by atomic mass is 9.84. The predicted octanol–water partition coefficient (Wildman–Crippen LogP) is 17.6. The maximum Gasteiger partial charge on any atom is -0.00201 e. The molecule has 0 bridgehead atoms. The van der Waals surface area contributed by atoms with E-state index in [0.29, 0.717) is 0 Å². The molecule has 12 aromatic rings. The first-order valence-corrected chi connectivity index (χ1v) is 21.6. The lowest BCUT2D eigenvalue weighted by Crippen LogP contribution is -1.91. The molecule has 12 rings (SSSR count). The van der Waals surface area contributed by atoms with Crippen molar-refractivity contribution in [3.05, 3.63) is 242 Å². The van der Waals surface area contributed by atoms with Crippen LogP contribution in [0.5, 0.6) is 0 Å². The van der Waals surface area contributed by atoms with Crippen molar-refractivity contribution in [2.75, 3.05) is 0 Å². The van der Waals surface area contributed by atoms with Gasteiger partial charge in [-0.25, -0.2) is 0 Å². The minimum Gasteiger partial charge on any atom is -0.0616 e. The van der Waals surface area contributed by atoms with Gasteiger partial charge >= 0.3 is 0 Å². The molecule has 0 atom stereocenters. The molecule has 0 aliphatic rings. The van der Waals surface area contributed by atoms with E-state index in [4.69, 9.17) is 0 Å². The van der Waals surface area contributed by atoms with E-state index in [9.17, 15) is 0 Å². The predicted molar refractivity (Wildman–Crippen MR) is 269 cm³/mol. The Hall–Kier alpha value is -7.80. The zero-order valence-electron chi connectivity index (χ0n) is 34.9. The Morgan fingerprint density at radius 2 is 0.532 bits per heavy atom. The molecule has 0 fully saturated rings. The fraction of sp³-hybridized carbons (Fsp3) is 0.0323. The third-order valence-corrected chi connectivity index (χ3v) is 12.6. The van der Waals surface area contributed by atoms with Gasteiger partial charge in [-0.15, -0.1) is 0 Å². The Morgan fingerprint density at radius 1 is 0.210 bits per heavy atom. The van der Waals surface area contributed by atoms with E-state index in [1.165, 1.54) is 120 Å². The summed E-state index contributed by atoms with van der Waals surface area (Å²) in [6.45, 7) is 4.28. The molecule has 0 nitrogen and oxygen atoms in total. The highest BCUT2D eigenvalue weighted by atomic mass is 14.2. The van der Waals surface area contributed by atoms with Crippen LogP contribution in [0.15, 0.2) is 231 Å². The second kappa shape index (κ2) is 15.7. The summed E-state index contributed by atoms with van der Waals surface area (Å²) in [7, 11) is 0. The summed E-state index contributed by atoms with van der Waals surface area (Å²) >= 11 is 0. The minimum atomic E-state index is 1.27. The van der Waals surface area contributed by atoms with Crippen LogP contribution < -0.4 is 0 Å². The monoisotopic (exact) mass is 788 g/mol. The molecule has 0 spiro atoms. The van der Waals surface area contributed by atoms with Gasteiger partial charge in [0.2, 0.25) is 0 Å². The minimum absolute atomic E-state index is 1.27. The molecule has 292 valence electrons. The molecule has 0 heteroatoms. The van der Waals surface area contributed by atoms with Crippen molar-refractivity contribution in [2.24, 2.45) is 0 Å². The van der Waals surface area contributed by atoms with E-state index in [1.54, 1.807) is 0 Å². The van der Waals surface area contributed by atoms with E-state index in [-0.39, 0.29) is 0 Å². The average molecular weight is 789 g/mol. The van der Waals surface area contributed by atoms with Crippen LogP contribution in [0.1, 0.15) is 11.1 Å². The smallest absolute Gasteiger partial charge is 0.00201 e. The zero-order chi connectivity index (χ0) is 41.6. The largest absolute Gasteiger partial charge is 0.0616 e. The van der Waals surface area contributed by atoms with Gasteiger partial charge in [-0.2, -0.15) is 0 Å². The average Bonchev–Trinajstić information content (AvgIpc) is 3.33. The van der Waals surface area contributed by atoms with Gasteiger partial charge in [-0.05, 0) is 129 Å². The molecule has 12 aromatic carbocycles. The van der Waals surface area contributed by atoms with Gasteiger partial charge in [0.1, 0.15) is 0 Å². The maximum atomic E-state index is 2.33. The first-order valence-electron chi connectivity index (χ1n) is 21.6. The fourth-order valence-corrected chi connectivity index (χ4v) is 9.71. The van der Waals surface area contributed by atoms with E-state index < -0.39 is 0 Å². The van der Waals surface area contributed by atoms with Crippen molar-refractivity contribution in [2.45, 2.75) is 13.8 Å². The highest BCUT2D eigenvalue weighted by Gasteiger charge is 2.19. The first kappa shape index (κ1) is 37.2. The van der Waals surface area contributed by atoms with Gasteiger partial charge in [0, 0.05) is 0 Å². The van der Waals surface area contributed by atoms with Crippen LogP contribution in [0.4, 0.5) is 0 Å². The van der Waals surface area contributed by atoms with Crippen molar-refractivity contribution in [3.63, 3.8) is 0 Å². The van der Waals surface area contributed by atoms with Crippen LogP contribution in [0.3, 0.4) is 0 Å². The maximum absolute atomic E-state index is 2.33. The number of rotatable bonds is 4. The molecule has 0 heterocycles. The molecular weight excluding hydrogens is 745 g/mol. The second-order valence-corrected chi connectivity index (χ2v) is 16.5. The van der Waals surface area contributed by atoms with Gasteiger partial charge in [0.25, 0.3) is 0 Å². The summed E-state index contributed by atoms with van der Waals surface area (Å²) in [6, 6.07) is 84.0. The van der Waals surface area contributed by atoms with Crippen LogP contribution in [0, 0.1) is 13.8 Å². The standard InChI is InChI=1S/2C31H22/c1-21-17-19-23(20-18-21)30-26-12-4-6-14-28(26)31(29-15-7-5-13-27(29)30)25-16-8-10-22-9-2-3-11-24(22)25;1-21-14-16-23(17-15-21)30-26-10-4-6-12-28(26)31(29-13-7-5-11-27(29)30)25-19-18-22-8-2-3-9-24(22)20-25/h2*2-20H,1H3. The summed E-state index contributed by atoms with van der Waals surface area (Å²) in [6.07, 6.45) is 0. The van der Waals surface area contributed by atoms with Gasteiger partial charge in [0.05, 0.1) is 0 Å². The van der Waals surface area contributed by atoms with Gasteiger partial charge < -0.3 is 0 Å². The Bertz CT molecular complexity index is 3500. The Labute approximate surface area is 363 Å². The number of fused-ring (bicyclic) bond motifs is 6. The lowest BCUT2D eigenvalue weighted by Gasteiger charge is -2.18. The van der Waals surface area contributed by atoms with Crippen molar-refractivity contribution >= 4 is 64.6 Å². The molecule has 0 unspecified atom stereocenters.